The largest absolute Gasteiger partial charge is 0.598 e. The summed E-state index contributed by atoms with van der Waals surface area (Å²) in [6.07, 6.45) is 1.98. The molecule has 0 N–H and O–H groups in total. The van der Waals surface area contributed by atoms with E-state index < -0.39 is 17.9 Å². The molecule has 0 rings (SSSR count). The highest BCUT2D eigenvalue weighted by Gasteiger charge is 2.63. The minimum atomic E-state index is -3.19. The first-order chi connectivity index (χ1) is 12.1. The van der Waals surface area contributed by atoms with Crippen molar-refractivity contribution in [3.63, 3.8) is 0 Å². The van der Waals surface area contributed by atoms with Crippen LogP contribution in [0.4, 0.5) is 0 Å². The molecule has 152 valence electrons. The van der Waals surface area contributed by atoms with E-state index in [-0.39, 0.29) is 0 Å². The van der Waals surface area contributed by atoms with Crippen LogP contribution in [0.1, 0.15) is 61.3 Å². The highest BCUT2D eigenvalue weighted by atomic mass is 28.5. The molecule has 0 aromatic heterocycles. The third-order valence-electron chi connectivity index (χ3n) is 3.36. The van der Waals surface area contributed by atoms with Crippen molar-refractivity contribution >= 4 is 17.9 Å². The molecule has 25 heavy (non-hydrogen) atoms. The maximum absolute atomic E-state index is 6.13. The molecule has 0 aliphatic carbocycles. The van der Waals surface area contributed by atoms with Crippen LogP contribution in [0.2, 0.25) is 0 Å². The van der Waals surface area contributed by atoms with E-state index >= 15 is 0 Å². The van der Waals surface area contributed by atoms with Gasteiger partial charge in [0.05, 0.1) is 0 Å². The van der Waals surface area contributed by atoms with Crippen LogP contribution in [-0.2, 0) is 26.6 Å². The topological polar surface area (TPSA) is 58.6 Å². The predicted octanol–water partition coefficient (Wildman–Crippen LogP) is 3.18. The van der Waals surface area contributed by atoms with Crippen molar-refractivity contribution in [2.75, 3.05) is 46.2 Å². The third-order valence-corrected chi connectivity index (χ3v) is 10.7. The Morgan fingerprint density at radius 1 is 0.520 bits per heavy atom. The summed E-state index contributed by atoms with van der Waals surface area (Å²) in [5.41, 5.74) is 0. The smallest absolute Gasteiger partial charge is 0.362 e. The molecule has 0 aromatic carbocycles. The standard InChI is InChI=1S/C16H39NO6Si2/c1-8-15-16-17(24(18-9-2,19-10-3)20-11-4)25(21-12-5,22-13-6)23-14-7/h8-16H2,1-7H3. The zero-order chi connectivity index (χ0) is 19.2. The second-order valence-corrected chi connectivity index (χ2v) is 10.5. The first kappa shape index (κ1) is 25.2. The zero-order valence-electron chi connectivity index (χ0n) is 17.3. The summed E-state index contributed by atoms with van der Waals surface area (Å²) in [6, 6.07) is 0. The van der Waals surface area contributed by atoms with Gasteiger partial charge in [-0.1, -0.05) is 13.3 Å². The molecular weight excluding hydrogens is 358 g/mol. The fourth-order valence-corrected chi connectivity index (χ4v) is 9.56. The lowest BCUT2D eigenvalue weighted by Gasteiger charge is -2.44. The van der Waals surface area contributed by atoms with E-state index in [4.69, 9.17) is 26.6 Å². The zero-order valence-corrected chi connectivity index (χ0v) is 19.3. The molecule has 0 unspecified atom stereocenters. The van der Waals surface area contributed by atoms with Crippen LogP contribution in [0.3, 0.4) is 0 Å². The Kier molecular flexibility index (Phi) is 14.3. The molecule has 0 aliphatic rings. The second-order valence-electron chi connectivity index (χ2n) is 5.15. The Morgan fingerprint density at radius 2 is 0.800 bits per heavy atom. The number of rotatable bonds is 17. The van der Waals surface area contributed by atoms with Crippen molar-refractivity contribution in [1.29, 1.82) is 0 Å². The molecule has 0 atom stereocenters. The minimum Gasteiger partial charge on any atom is -0.362 e. The lowest BCUT2D eigenvalue weighted by molar-refractivity contribution is -0.0193. The number of nitrogens with zero attached hydrogens (tertiary/aromatic N) is 1. The average molecular weight is 398 g/mol. The maximum atomic E-state index is 6.13. The SMILES string of the molecule is CCCCN([Si](OCC)(OCC)OCC)[Si](OCC)(OCC)OCC. The Balaban J connectivity index is 6.10. The van der Waals surface area contributed by atoms with Crippen LogP contribution < -0.4 is 0 Å². The van der Waals surface area contributed by atoms with Gasteiger partial charge in [-0.15, -0.1) is 0 Å². The molecule has 0 spiro atoms. The van der Waals surface area contributed by atoms with Gasteiger partial charge < -0.3 is 26.6 Å². The summed E-state index contributed by atoms with van der Waals surface area (Å²) < 4.78 is 38.8. The van der Waals surface area contributed by atoms with Crippen molar-refractivity contribution < 1.29 is 26.6 Å². The number of unbranched alkanes of at least 4 members (excludes halogenated alkanes) is 1. The molecule has 0 heterocycles. The second kappa shape index (κ2) is 14.2. The fourth-order valence-electron chi connectivity index (χ4n) is 2.57. The molecule has 9 heteroatoms. The molecule has 0 amide bonds. The Labute approximate surface area is 156 Å². The maximum Gasteiger partial charge on any atom is 0.598 e. The third kappa shape index (κ3) is 7.35. The van der Waals surface area contributed by atoms with Gasteiger partial charge in [0.15, 0.2) is 0 Å². The number of hydrogen-bond donors (Lipinski definition) is 0. The number of hydrogen-bond acceptors (Lipinski definition) is 7. The first-order valence-corrected chi connectivity index (χ1v) is 13.0. The lowest BCUT2D eigenvalue weighted by atomic mass is 10.3. The van der Waals surface area contributed by atoms with Crippen LogP contribution in [0.25, 0.3) is 0 Å². The van der Waals surface area contributed by atoms with Gasteiger partial charge >= 0.3 is 17.9 Å². The van der Waals surface area contributed by atoms with Gasteiger partial charge in [-0.3, -0.25) is 0 Å². The Morgan fingerprint density at radius 3 is 1.00 bits per heavy atom. The van der Waals surface area contributed by atoms with Crippen LogP contribution >= 0.6 is 0 Å². The highest BCUT2D eigenvalue weighted by molar-refractivity contribution is 6.75. The predicted molar refractivity (Wildman–Crippen MR) is 103 cm³/mol. The molecule has 0 fully saturated rings. The van der Waals surface area contributed by atoms with Gasteiger partial charge in [-0.05, 0) is 54.5 Å². The van der Waals surface area contributed by atoms with E-state index in [2.05, 4.69) is 11.2 Å². The summed E-state index contributed by atoms with van der Waals surface area (Å²) in [5, 5.41) is 0. The summed E-state index contributed by atoms with van der Waals surface area (Å²) in [4.78, 5) is 0. The highest BCUT2D eigenvalue weighted by Crippen LogP contribution is 2.27. The lowest BCUT2D eigenvalue weighted by Crippen LogP contribution is -2.75. The van der Waals surface area contributed by atoms with Gasteiger partial charge in [0.2, 0.25) is 0 Å². The summed E-state index contributed by atoms with van der Waals surface area (Å²) in [6.45, 7) is 17.5. The van der Waals surface area contributed by atoms with E-state index in [0.717, 1.165) is 12.8 Å². The molecule has 0 bridgehead atoms. The van der Waals surface area contributed by atoms with Crippen LogP contribution in [-0.4, -0.2) is 68.3 Å². The van der Waals surface area contributed by atoms with E-state index in [9.17, 15) is 0 Å². The normalized spacial score (nSPS) is 13.0. The van der Waals surface area contributed by atoms with Gasteiger partial charge in [-0.2, -0.15) is 0 Å². The summed E-state index contributed by atoms with van der Waals surface area (Å²) in [5.74, 6) is 0. The molecule has 0 aliphatic heterocycles. The van der Waals surface area contributed by atoms with Crippen LogP contribution in [0.5, 0.6) is 0 Å². The first-order valence-electron chi connectivity index (χ1n) is 9.67. The summed E-state index contributed by atoms with van der Waals surface area (Å²) >= 11 is 0. The Hall–Kier alpha value is 0.154. The molecule has 0 radical (unpaired) electrons. The van der Waals surface area contributed by atoms with Gasteiger partial charge in [0.25, 0.3) is 0 Å². The van der Waals surface area contributed by atoms with Crippen LogP contribution in [0, 0.1) is 0 Å². The van der Waals surface area contributed by atoms with Crippen molar-refractivity contribution in [1.82, 2.24) is 4.23 Å². The monoisotopic (exact) mass is 397 g/mol. The van der Waals surface area contributed by atoms with Crippen LogP contribution in [0.15, 0.2) is 0 Å². The van der Waals surface area contributed by atoms with E-state index in [1.165, 1.54) is 0 Å². The van der Waals surface area contributed by atoms with Gasteiger partial charge in [-0.25, -0.2) is 4.23 Å². The van der Waals surface area contributed by atoms with Crippen molar-refractivity contribution in [3.8, 4) is 0 Å². The minimum absolute atomic E-state index is 0.490. The molecule has 0 saturated heterocycles. The molecule has 7 nitrogen and oxygen atoms in total. The fraction of sp³-hybridized carbons (Fsp3) is 1.00. The van der Waals surface area contributed by atoms with Gasteiger partial charge in [0, 0.05) is 39.6 Å². The summed E-state index contributed by atoms with van der Waals surface area (Å²) in [7, 11) is -6.38. The average Bonchev–Trinajstić information content (AvgIpc) is 2.56. The molecular formula is C16H39NO6Si2. The van der Waals surface area contributed by atoms with Crippen molar-refractivity contribution in [3.05, 3.63) is 0 Å². The Bertz CT molecular complexity index is 265. The van der Waals surface area contributed by atoms with Gasteiger partial charge in [0.1, 0.15) is 0 Å². The van der Waals surface area contributed by atoms with E-state index in [1.54, 1.807) is 0 Å². The van der Waals surface area contributed by atoms with Crippen molar-refractivity contribution in [2.45, 2.75) is 61.3 Å². The molecule has 0 aromatic rings. The van der Waals surface area contributed by atoms with E-state index in [0.29, 0.717) is 46.2 Å². The van der Waals surface area contributed by atoms with Crippen molar-refractivity contribution in [2.24, 2.45) is 0 Å². The van der Waals surface area contributed by atoms with E-state index in [1.807, 2.05) is 41.5 Å². The molecule has 0 saturated carbocycles. The quantitative estimate of drug-likeness (QED) is 0.349.